The maximum Gasteiger partial charge on any atom is 0.466 e. The van der Waals surface area contributed by atoms with E-state index in [4.69, 9.17) is 35.3 Å². The summed E-state index contributed by atoms with van der Waals surface area (Å²) in [5.74, 6) is 0. The first-order valence-electron chi connectivity index (χ1n) is 8.45. The van der Waals surface area contributed by atoms with Crippen molar-refractivity contribution in [2.75, 3.05) is 24.1 Å². The molecule has 0 heterocycles. The first kappa shape index (κ1) is 32.3. The Balaban J connectivity index is 0. The van der Waals surface area contributed by atoms with Crippen molar-refractivity contribution in [3.05, 3.63) is 66.7 Å². The molecule has 0 atom stereocenters. The lowest BCUT2D eigenvalue weighted by molar-refractivity contribution is 0.275. The van der Waals surface area contributed by atoms with Gasteiger partial charge in [-0.2, -0.15) is 8.42 Å². The molecular formula is C18H26Cl2N3O7PS. The van der Waals surface area contributed by atoms with Gasteiger partial charge < -0.3 is 31.5 Å². The fourth-order valence-corrected chi connectivity index (χ4v) is 2.71. The Morgan fingerprint density at radius 1 is 0.875 bits per heavy atom. The van der Waals surface area contributed by atoms with Crippen LogP contribution in [0.1, 0.15) is 0 Å². The van der Waals surface area contributed by atoms with E-state index in [1.54, 1.807) is 0 Å². The summed E-state index contributed by atoms with van der Waals surface area (Å²) in [6, 6.07) is 19.9. The molecule has 0 saturated heterocycles. The molecule has 9 N–H and O–H groups in total. The van der Waals surface area contributed by atoms with Crippen LogP contribution in [0, 0.1) is 0 Å². The predicted molar refractivity (Wildman–Crippen MR) is 131 cm³/mol. The van der Waals surface area contributed by atoms with Crippen molar-refractivity contribution in [1.82, 2.24) is 0 Å². The number of nitrogens with two attached hydrogens (primary N) is 2. The van der Waals surface area contributed by atoms with E-state index in [9.17, 15) is 8.42 Å². The molecule has 14 heteroatoms. The maximum absolute atomic E-state index is 10.5. The molecule has 0 unspecified atom stereocenters. The highest BCUT2D eigenvalue weighted by atomic mass is 35.5. The van der Waals surface area contributed by atoms with Gasteiger partial charge >= 0.3 is 7.82 Å². The lowest BCUT2D eigenvalue weighted by atomic mass is 10.1. The molecular weight excluding hydrogens is 504 g/mol. The van der Waals surface area contributed by atoms with Crippen LogP contribution in [0.2, 0.25) is 0 Å². The van der Waals surface area contributed by atoms with E-state index in [1.165, 1.54) is 35.0 Å². The second-order valence-corrected chi connectivity index (χ2v) is 8.25. The minimum atomic E-state index is -4.64. The fraction of sp³-hybridized carbons (Fsp3) is 0.111. The number of nitrogens with one attached hydrogen (secondary N) is 1. The van der Waals surface area contributed by atoms with Crippen LogP contribution in [-0.4, -0.2) is 40.7 Å². The zero-order valence-corrected chi connectivity index (χ0v) is 19.9. The molecule has 0 aromatic heterocycles. The van der Waals surface area contributed by atoms with Gasteiger partial charge in [-0.3, -0.25) is 4.55 Å². The summed E-state index contributed by atoms with van der Waals surface area (Å²) in [6.07, 6.45) is 0. The summed E-state index contributed by atoms with van der Waals surface area (Å²) in [6.45, 7) is 1.47. The van der Waals surface area contributed by atoms with E-state index in [-0.39, 0.29) is 29.7 Å². The minimum absolute atomic E-state index is 0. The molecule has 32 heavy (non-hydrogen) atoms. The average Bonchev–Trinajstić information content (AvgIpc) is 2.65. The topological polar surface area (TPSA) is 196 Å². The summed E-state index contributed by atoms with van der Waals surface area (Å²) in [7, 11) is -8.71. The molecule has 10 nitrogen and oxygen atoms in total. The molecule has 0 fully saturated rings. The summed E-state index contributed by atoms with van der Waals surface area (Å²) in [5, 5.41) is 5.82. The third-order valence-electron chi connectivity index (χ3n) is 3.43. The lowest BCUT2D eigenvalue weighted by Gasteiger charge is -2.08. The molecule has 0 radical (unpaired) electrons. The number of hydrogen-bond acceptors (Lipinski definition) is 6. The Morgan fingerprint density at radius 3 is 1.88 bits per heavy atom. The average molecular weight is 530 g/mol. The molecule has 180 valence electrons. The third-order valence-corrected chi connectivity index (χ3v) is 4.30. The zero-order chi connectivity index (χ0) is 22.8. The van der Waals surface area contributed by atoms with Crippen LogP contribution in [0.15, 0.2) is 71.6 Å². The molecule has 0 bridgehead atoms. The Morgan fingerprint density at radius 2 is 1.38 bits per heavy atom. The highest BCUT2D eigenvalue weighted by molar-refractivity contribution is 7.85. The van der Waals surface area contributed by atoms with Gasteiger partial charge in [0, 0.05) is 29.9 Å². The van der Waals surface area contributed by atoms with Crippen molar-refractivity contribution in [3.8, 4) is 0 Å². The van der Waals surface area contributed by atoms with E-state index in [2.05, 4.69) is 47.8 Å². The van der Waals surface area contributed by atoms with E-state index >= 15 is 0 Å². The van der Waals surface area contributed by atoms with E-state index in [0.29, 0.717) is 12.2 Å². The number of rotatable bonds is 4. The van der Waals surface area contributed by atoms with Gasteiger partial charge in [0.15, 0.2) is 0 Å². The van der Waals surface area contributed by atoms with Gasteiger partial charge in [0.1, 0.15) is 0 Å². The molecule has 0 saturated carbocycles. The van der Waals surface area contributed by atoms with Crippen molar-refractivity contribution < 1.29 is 32.2 Å². The highest BCUT2D eigenvalue weighted by Gasteiger charge is 2.07. The first-order valence-corrected chi connectivity index (χ1v) is 11.5. The lowest BCUT2D eigenvalue weighted by Crippen LogP contribution is -2.13. The molecule has 0 spiro atoms. The van der Waals surface area contributed by atoms with Crippen molar-refractivity contribution in [2.24, 2.45) is 5.73 Å². The Bertz CT molecular complexity index is 1080. The predicted octanol–water partition coefficient (Wildman–Crippen LogP) is 2.64. The molecule has 3 rings (SSSR count). The molecule has 0 aliphatic carbocycles. The molecule has 0 aliphatic heterocycles. The molecule has 0 aliphatic rings. The summed E-state index contributed by atoms with van der Waals surface area (Å²) in [4.78, 5) is 21.4. The van der Waals surface area contributed by atoms with Crippen molar-refractivity contribution in [1.29, 1.82) is 0 Å². The molecule has 3 aromatic rings. The molecule has 3 aromatic carbocycles. The number of halogens is 2. The van der Waals surface area contributed by atoms with Gasteiger partial charge in [-0.25, -0.2) is 4.57 Å². The van der Waals surface area contributed by atoms with Crippen LogP contribution in [0.4, 0.5) is 11.4 Å². The fourth-order valence-electron chi connectivity index (χ4n) is 2.23. The number of phosphoric acid groups is 1. The largest absolute Gasteiger partial charge is 0.466 e. The smallest absolute Gasteiger partial charge is 0.399 e. The van der Waals surface area contributed by atoms with E-state index in [1.807, 2.05) is 0 Å². The Hall–Kier alpha value is -1.92. The van der Waals surface area contributed by atoms with Crippen molar-refractivity contribution in [2.45, 2.75) is 4.90 Å². The van der Waals surface area contributed by atoms with Crippen molar-refractivity contribution in [3.63, 3.8) is 0 Å². The summed E-state index contributed by atoms with van der Waals surface area (Å²) < 4.78 is 38.3. The van der Waals surface area contributed by atoms with Crippen LogP contribution < -0.4 is 16.8 Å². The number of fused-ring (bicyclic) bond motifs is 1. The molecule has 0 amide bonds. The normalized spacial score (nSPS) is 10.3. The first-order chi connectivity index (χ1) is 13.9. The summed E-state index contributed by atoms with van der Waals surface area (Å²) >= 11 is 0. The second kappa shape index (κ2) is 15.0. The van der Waals surface area contributed by atoms with Gasteiger partial charge in [0.2, 0.25) is 0 Å². The Labute approximate surface area is 198 Å². The van der Waals surface area contributed by atoms with Gasteiger partial charge in [-0.05, 0) is 35.7 Å². The van der Waals surface area contributed by atoms with Crippen LogP contribution >= 0.6 is 32.6 Å². The van der Waals surface area contributed by atoms with Crippen molar-refractivity contribution >= 4 is 64.9 Å². The Kier molecular flexibility index (Phi) is 15.1. The van der Waals surface area contributed by atoms with E-state index in [0.717, 1.165) is 12.2 Å². The number of nitrogen functional groups attached to an aromatic ring is 1. The van der Waals surface area contributed by atoms with Crippen LogP contribution in [-0.2, 0) is 14.7 Å². The zero-order valence-electron chi connectivity index (χ0n) is 16.6. The standard InChI is InChI=1S/C12H14N2.C6H7NO3S.2ClH.H3O4P/c13-8-9-14-12-7-3-5-10-4-1-2-6-11(10)12;7-5-1-3-6(4-2-5)11(8,9)10;;;1-5(2,3)4/h1-7,14H,8-9,13H2;1-4H,7H2,(H,8,9,10);2*1H;(H3,1,2,3,4). The number of benzene rings is 3. The number of hydrogen-bond donors (Lipinski definition) is 7. The van der Waals surface area contributed by atoms with Gasteiger partial charge in [0.25, 0.3) is 10.1 Å². The van der Waals surface area contributed by atoms with Gasteiger partial charge in [-0.1, -0.05) is 36.4 Å². The highest BCUT2D eigenvalue weighted by Crippen LogP contribution is 2.25. The quantitative estimate of drug-likeness (QED) is 0.150. The van der Waals surface area contributed by atoms with Gasteiger partial charge in [0.05, 0.1) is 4.90 Å². The second-order valence-electron chi connectivity index (χ2n) is 5.80. The third kappa shape index (κ3) is 13.5. The van der Waals surface area contributed by atoms with Crippen LogP contribution in [0.3, 0.4) is 0 Å². The number of anilines is 2. The van der Waals surface area contributed by atoms with Crippen LogP contribution in [0.25, 0.3) is 10.8 Å². The van der Waals surface area contributed by atoms with Crippen LogP contribution in [0.5, 0.6) is 0 Å². The minimum Gasteiger partial charge on any atom is -0.399 e. The maximum atomic E-state index is 10.5. The SMILES string of the molecule is Cl.Cl.NCCNc1cccc2ccccc12.Nc1ccc(S(=O)(=O)O)cc1.O=P(O)(O)O. The van der Waals surface area contributed by atoms with Gasteiger partial charge in [-0.15, -0.1) is 24.8 Å². The monoisotopic (exact) mass is 529 g/mol. The summed E-state index contributed by atoms with van der Waals surface area (Å²) in [5.41, 5.74) is 12.4. The van der Waals surface area contributed by atoms with E-state index < -0.39 is 17.9 Å².